The Kier molecular flexibility index (Phi) is 3.89. The van der Waals surface area contributed by atoms with Crippen molar-refractivity contribution < 1.29 is 9.15 Å². The molecule has 0 saturated carbocycles. The number of hydrogen-bond acceptors (Lipinski definition) is 4. The summed E-state index contributed by atoms with van der Waals surface area (Å²) in [6, 6.07) is 9.94. The zero-order chi connectivity index (χ0) is 13.0. The van der Waals surface area contributed by atoms with Gasteiger partial charge in [-0.05, 0) is 18.2 Å². The summed E-state index contributed by atoms with van der Waals surface area (Å²) in [6.45, 7) is 0.521. The SMILES string of the molecule is COc1cccc(N(C)C(CN)c2ccoc2)c1. The Bertz CT molecular complexity index is 482. The Morgan fingerprint density at radius 2 is 2.22 bits per heavy atom. The Labute approximate surface area is 107 Å². The second-order valence-electron chi connectivity index (χ2n) is 4.12. The molecule has 1 aromatic carbocycles. The predicted molar refractivity (Wildman–Crippen MR) is 71.9 cm³/mol. The smallest absolute Gasteiger partial charge is 0.120 e. The van der Waals surface area contributed by atoms with E-state index in [4.69, 9.17) is 14.9 Å². The van der Waals surface area contributed by atoms with Crippen molar-refractivity contribution in [3.05, 3.63) is 48.4 Å². The third-order valence-corrected chi connectivity index (χ3v) is 3.08. The number of likely N-dealkylation sites (N-methyl/N-ethyl adjacent to an activating group) is 1. The molecule has 0 aliphatic rings. The molecular weight excluding hydrogens is 228 g/mol. The molecule has 2 aromatic rings. The number of furan rings is 1. The van der Waals surface area contributed by atoms with E-state index < -0.39 is 0 Å². The van der Waals surface area contributed by atoms with Crippen molar-refractivity contribution in [3.8, 4) is 5.75 Å². The molecule has 2 rings (SSSR count). The normalized spacial score (nSPS) is 12.2. The molecule has 0 spiro atoms. The fraction of sp³-hybridized carbons (Fsp3) is 0.286. The molecule has 2 N–H and O–H groups in total. The number of anilines is 1. The van der Waals surface area contributed by atoms with Crippen LogP contribution in [-0.4, -0.2) is 20.7 Å². The average molecular weight is 246 g/mol. The van der Waals surface area contributed by atoms with Crippen LogP contribution in [-0.2, 0) is 0 Å². The average Bonchev–Trinajstić information content (AvgIpc) is 2.93. The second-order valence-corrected chi connectivity index (χ2v) is 4.12. The minimum atomic E-state index is 0.0934. The predicted octanol–water partition coefficient (Wildman–Crippen LogP) is 2.42. The van der Waals surface area contributed by atoms with Crippen LogP contribution >= 0.6 is 0 Å². The molecule has 0 aliphatic heterocycles. The third kappa shape index (κ3) is 2.49. The lowest BCUT2D eigenvalue weighted by molar-refractivity contribution is 0.414. The van der Waals surface area contributed by atoms with Gasteiger partial charge >= 0.3 is 0 Å². The fourth-order valence-corrected chi connectivity index (χ4v) is 1.99. The van der Waals surface area contributed by atoms with Crippen LogP contribution in [0.2, 0.25) is 0 Å². The van der Waals surface area contributed by atoms with Gasteiger partial charge in [0.05, 0.1) is 25.7 Å². The van der Waals surface area contributed by atoms with Crippen molar-refractivity contribution in [3.63, 3.8) is 0 Å². The molecule has 0 radical (unpaired) electrons. The fourth-order valence-electron chi connectivity index (χ4n) is 1.99. The van der Waals surface area contributed by atoms with Crippen molar-refractivity contribution in [2.75, 3.05) is 25.6 Å². The van der Waals surface area contributed by atoms with Crippen molar-refractivity contribution in [2.45, 2.75) is 6.04 Å². The molecule has 1 unspecified atom stereocenters. The van der Waals surface area contributed by atoms with Crippen molar-refractivity contribution in [2.24, 2.45) is 5.73 Å². The van der Waals surface area contributed by atoms with E-state index in [1.54, 1.807) is 19.6 Å². The van der Waals surface area contributed by atoms with Gasteiger partial charge in [-0.25, -0.2) is 0 Å². The van der Waals surface area contributed by atoms with E-state index in [0.29, 0.717) is 6.54 Å². The quantitative estimate of drug-likeness (QED) is 0.880. The van der Waals surface area contributed by atoms with Gasteiger partial charge in [0.2, 0.25) is 0 Å². The number of methoxy groups -OCH3 is 1. The highest BCUT2D eigenvalue weighted by Gasteiger charge is 2.17. The van der Waals surface area contributed by atoms with Crippen LogP contribution < -0.4 is 15.4 Å². The highest BCUT2D eigenvalue weighted by Crippen LogP contribution is 2.27. The van der Waals surface area contributed by atoms with Gasteiger partial charge in [-0.1, -0.05) is 6.07 Å². The van der Waals surface area contributed by atoms with Crippen LogP contribution in [0.3, 0.4) is 0 Å². The van der Waals surface area contributed by atoms with Crippen molar-refractivity contribution in [1.82, 2.24) is 0 Å². The van der Waals surface area contributed by atoms with Crippen LogP contribution in [0.25, 0.3) is 0 Å². The van der Waals surface area contributed by atoms with Crippen LogP contribution in [0, 0.1) is 0 Å². The van der Waals surface area contributed by atoms with Crippen LogP contribution in [0.1, 0.15) is 11.6 Å². The molecule has 1 aromatic heterocycles. The van der Waals surface area contributed by atoms with Crippen LogP contribution in [0.4, 0.5) is 5.69 Å². The molecule has 0 amide bonds. The van der Waals surface area contributed by atoms with E-state index in [2.05, 4.69) is 4.90 Å². The number of nitrogens with two attached hydrogens (primary N) is 1. The number of ether oxygens (including phenoxy) is 1. The monoisotopic (exact) mass is 246 g/mol. The minimum absolute atomic E-state index is 0.0934. The van der Waals surface area contributed by atoms with Gasteiger partial charge in [0.25, 0.3) is 0 Å². The van der Waals surface area contributed by atoms with Gasteiger partial charge < -0.3 is 19.8 Å². The lowest BCUT2D eigenvalue weighted by Gasteiger charge is -2.28. The van der Waals surface area contributed by atoms with Crippen molar-refractivity contribution in [1.29, 1.82) is 0 Å². The minimum Gasteiger partial charge on any atom is -0.497 e. The molecule has 4 heteroatoms. The summed E-state index contributed by atoms with van der Waals surface area (Å²) in [5.41, 5.74) is 7.99. The first-order valence-electron chi connectivity index (χ1n) is 5.85. The molecule has 18 heavy (non-hydrogen) atoms. The van der Waals surface area contributed by atoms with Gasteiger partial charge in [0.15, 0.2) is 0 Å². The lowest BCUT2D eigenvalue weighted by atomic mass is 10.1. The first-order chi connectivity index (χ1) is 8.76. The second kappa shape index (κ2) is 5.60. The highest BCUT2D eigenvalue weighted by atomic mass is 16.5. The largest absolute Gasteiger partial charge is 0.497 e. The molecule has 0 saturated heterocycles. The first kappa shape index (κ1) is 12.5. The molecule has 4 nitrogen and oxygen atoms in total. The summed E-state index contributed by atoms with van der Waals surface area (Å²) in [6.07, 6.45) is 3.39. The van der Waals surface area contributed by atoms with E-state index in [1.807, 2.05) is 37.4 Å². The Balaban J connectivity index is 2.25. The van der Waals surface area contributed by atoms with E-state index in [9.17, 15) is 0 Å². The summed E-state index contributed by atoms with van der Waals surface area (Å²) in [4.78, 5) is 2.12. The molecule has 0 bridgehead atoms. The van der Waals surface area contributed by atoms with Gasteiger partial charge in [-0.15, -0.1) is 0 Å². The maximum atomic E-state index is 5.86. The van der Waals surface area contributed by atoms with E-state index in [0.717, 1.165) is 17.0 Å². The zero-order valence-corrected chi connectivity index (χ0v) is 10.7. The molecule has 1 atom stereocenters. The molecule has 0 aliphatic carbocycles. The van der Waals surface area contributed by atoms with Gasteiger partial charge in [-0.2, -0.15) is 0 Å². The van der Waals surface area contributed by atoms with Gasteiger partial charge in [0, 0.05) is 30.9 Å². The van der Waals surface area contributed by atoms with E-state index in [1.165, 1.54) is 0 Å². The molecular formula is C14H18N2O2. The topological polar surface area (TPSA) is 51.6 Å². The van der Waals surface area contributed by atoms with Gasteiger partial charge in [-0.3, -0.25) is 0 Å². The number of hydrogen-bond donors (Lipinski definition) is 1. The van der Waals surface area contributed by atoms with E-state index >= 15 is 0 Å². The summed E-state index contributed by atoms with van der Waals surface area (Å²) < 4.78 is 10.4. The number of rotatable bonds is 5. The summed E-state index contributed by atoms with van der Waals surface area (Å²) in [5.74, 6) is 0.835. The lowest BCUT2D eigenvalue weighted by Crippen LogP contribution is -2.30. The van der Waals surface area contributed by atoms with E-state index in [-0.39, 0.29) is 6.04 Å². The first-order valence-corrected chi connectivity index (χ1v) is 5.85. The Hall–Kier alpha value is -1.94. The van der Waals surface area contributed by atoms with Crippen LogP contribution in [0.15, 0.2) is 47.3 Å². The number of nitrogens with zero attached hydrogens (tertiary/aromatic N) is 1. The number of benzene rings is 1. The summed E-state index contributed by atoms with van der Waals surface area (Å²) >= 11 is 0. The standard InChI is InChI=1S/C14H18N2O2/c1-16(12-4-3-5-13(8-12)17-2)14(9-15)11-6-7-18-10-11/h3-8,10,14H,9,15H2,1-2H3. The Morgan fingerprint density at radius 1 is 1.39 bits per heavy atom. The maximum absolute atomic E-state index is 5.86. The molecule has 0 fully saturated rings. The highest BCUT2D eigenvalue weighted by molar-refractivity contribution is 5.52. The summed E-state index contributed by atoms with van der Waals surface area (Å²) in [7, 11) is 3.68. The third-order valence-electron chi connectivity index (χ3n) is 3.08. The van der Waals surface area contributed by atoms with Crippen LogP contribution in [0.5, 0.6) is 5.75 Å². The van der Waals surface area contributed by atoms with Gasteiger partial charge in [0.1, 0.15) is 5.75 Å². The van der Waals surface area contributed by atoms with Crippen molar-refractivity contribution >= 4 is 5.69 Å². The Morgan fingerprint density at radius 3 is 2.83 bits per heavy atom. The molecule has 1 heterocycles. The summed E-state index contributed by atoms with van der Waals surface area (Å²) in [5, 5.41) is 0. The maximum Gasteiger partial charge on any atom is 0.120 e. The molecule has 96 valence electrons. The zero-order valence-electron chi connectivity index (χ0n) is 10.7.